The Morgan fingerprint density at radius 3 is 2.46 bits per heavy atom. The molecule has 2 aromatic rings. The number of methoxy groups -OCH3 is 1. The lowest BCUT2D eigenvalue weighted by molar-refractivity contribution is -0.124. The van der Waals surface area contributed by atoms with Gasteiger partial charge in [-0.1, -0.05) is 48.5 Å². The number of rotatable bonds is 10. The molecule has 2 amide bonds. The molecule has 6 heteroatoms. The third-order valence-corrected chi connectivity index (χ3v) is 4.55. The Labute approximate surface area is 166 Å². The molecule has 0 fully saturated rings. The zero-order valence-electron chi connectivity index (χ0n) is 16.8. The normalized spacial score (nSPS) is 11.9. The molecule has 0 radical (unpaired) electrons. The first kappa shape index (κ1) is 21.6. The smallest absolute Gasteiger partial charge is 0.241 e. The summed E-state index contributed by atoms with van der Waals surface area (Å²) < 4.78 is 4.96. The van der Waals surface area contributed by atoms with Gasteiger partial charge in [0.1, 0.15) is 0 Å². The van der Waals surface area contributed by atoms with E-state index < -0.39 is 6.04 Å². The molecule has 150 valence electrons. The van der Waals surface area contributed by atoms with Crippen molar-refractivity contribution in [2.24, 2.45) is 0 Å². The fourth-order valence-electron chi connectivity index (χ4n) is 2.76. The molecule has 0 saturated heterocycles. The van der Waals surface area contributed by atoms with E-state index in [1.807, 2.05) is 54.6 Å². The van der Waals surface area contributed by atoms with Crippen LogP contribution >= 0.6 is 0 Å². The highest BCUT2D eigenvalue weighted by molar-refractivity contribution is 5.98. The molecular formula is C22H29N3O3. The number of anilines is 1. The van der Waals surface area contributed by atoms with E-state index in [0.29, 0.717) is 13.2 Å². The Bertz CT molecular complexity index is 765. The molecule has 6 nitrogen and oxygen atoms in total. The average Bonchev–Trinajstić information content (AvgIpc) is 2.71. The summed E-state index contributed by atoms with van der Waals surface area (Å²) in [6.45, 7) is 3.11. The standard InChI is InChI=1S/C22H29N3O3/c1-17(25(2)16-21(26)23-14-9-15-28-3)22(27)24-20-13-8-7-12-19(20)18-10-5-4-6-11-18/h4-8,10-13,17H,9,14-16H2,1-3H3,(H,23,26)(H,24,27). The number of hydrogen-bond acceptors (Lipinski definition) is 4. The number of para-hydroxylation sites is 1. The van der Waals surface area contributed by atoms with Gasteiger partial charge in [0.25, 0.3) is 0 Å². The van der Waals surface area contributed by atoms with Crippen LogP contribution in [-0.2, 0) is 14.3 Å². The first-order valence-corrected chi connectivity index (χ1v) is 9.44. The summed E-state index contributed by atoms with van der Waals surface area (Å²) in [5.41, 5.74) is 2.75. The van der Waals surface area contributed by atoms with E-state index in [4.69, 9.17) is 4.74 Å². The van der Waals surface area contributed by atoms with Crippen LogP contribution in [0.25, 0.3) is 11.1 Å². The van der Waals surface area contributed by atoms with Crippen LogP contribution in [0, 0.1) is 0 Å². The minimum atomic E-state index is -0.450. The summed E-state index contributed by atoms with van der Waals surface area (Å²) >= 11 is 0. The van der Waals surface area contributed by atoms with Gasteiger partial charge in [0.05, 0.1) is 12.6 Å². The molecule has 2 aromatic carbocycles. The highest BCUT2D eigenvalue weighted by Gasteiger charge is 2.21. The number of nitrogens with zero attached hydrogens (tertiary/aromatic N) is 1. The molecule has 0 bridgehead atoms. The molecule has 1 unspecified atom stereocenters. The first-order chi connectivity index (χ1) is 13.5. The molecule has 0 aliphatic rings. The number of amides is 2. The summed E-state index contributed by atoms with van der Waals surface area (Å²) in [4.78, 5) is 26.5. The SMILES string of the molecule is COCCCNC(=O)CN(C)C(C)C(=O)Nc1ccccc1-c1ccccc1. The number of hydrogen-bond donors (Lipinski definition) is 2. The van der Waals surface area contributed by atoms with E-state index in [1.54, 1.807) is 26.0 Å². The third-order valence-electron chi connectivity index (χ3n) is 4.55. The van der Waals surface area contributed by atoms with E-state index in [9.17, 15) is 9.59 Å². The van der Waals surface area contributed by atoms with Gasteiger partial charge in [-0.25, -0.2) is 0 Å². The van der Waals surface area contributed by atoms with E-state index in [1.165, 1.54) is 0 Å². The van der Waals surface area contributed by atoms with Gasteiger partial charge in [-0.2, -0.15) is 0 Å². The van der Waals surface area contributed by atoms with Crippen molar-refractivity contribution in [3.8, 4) is 11.1 Å². The van der Waals surface area contributed by atoms with Crippen LogP contribution in [0.15, 0.2) is 54.6 Å². The lowest BCUT2D eigenvalue weighted by Crippen LogP contribution is -2.45. The van der Waals surface area contributed by atoms with Crippen molar-refractivity contribution in [2.75, 3.05) is 39.2 Å². The second-order valence-electron chi connectivity index (χ2n) is 6.69. The predicted molar refractivity (Wildman–Crippen MR) is 112 cm³/mol. The van der Waals surface area contributed by atoms with Crippen LogP contribution in [0.5, 0.6) is 0 Å². The van der Waals surface area contributed by atoms with Crippen molar-refractivity contribution in [1.82, 2.24) is 10.2 Å². The fourth-order valence-corrected chi connectivity index (χ4v) is 2.76. The van der Waals surface area contributed by atoms with E-state index in [2.05, 4.69) is 10.6 Å². The molecule has 1 atom stereocenters. The number of carbonyl (C=O) groups excluding carboxylic acids is 2. The molecule has 28 heavy (non-hydrogen) atoms. The van der Waals surface area contributed by atoms with Crippen molar-refractivity contribution in [3.63, 3.8) is 0 Å². The van der Waals surface area contributed by atoms with Gasteiger partial charge < -0.3 is 15.4 Å². The molecule has 0 spiro atoms. The van der Waals surface area contributed by atoms with Crippen molar-refractivity contribution in [1.29, 1.82) is 0 Å². The molecular weight excluding hydrogens is 354 g/mol. The first-order valence-electron chi connectivity index (χ1n) is 9.44. The second-order valence-corrected chi connectivity index (χ2v) is 6.69. The van der Waals surface area contributed by atoms with Crippen molar-refractivity contribution in [2.45, 2.75) is 19.4 Å². The topological polar surface area (TPSA) is 70.7 Å². The van der Waals surface area contributed by atoms with E-state index >= 15 is 0 Å². The van der Waals surface area contributed by atoms with Gasteiger partial charge >= 0.3 is 0 Å². The van der Waals surface area contributed by atoms with E-state index in [-0.39, 0.29) is 18.4 Å². The quantitative estimate of drug-likeness (QED) is 0.619. The molecule has 0 aliphatic heterocycles. The zero-order valence-corrected chi connectivity index (χ0v) is 16.8. The predicted octanol–water partition coefficient (Wildman–Crippen LogP) is 2.77. The van der Waals surface area contributed by atoms with Crippen LogP contribution in [0.4, 0.5) is 5.69 Å². The van der Waals surface area contributed by atoms with Crippen LogP contribution in [0.3, 0.4) is 0 Å². The minimum Gasteiger partial charge on any atom is -0.385 e. The largest absolute Gasteiger partial charge is 0.385 e. The molecule has 0 heterocycles. The Balaban J connectivity index is 1.94. The second kappa shape index (κ2) is 11.2. The maximum Gasteiger partial charge on any atom is 0.241 e. The van der Waals surface area contributed by atoms with E-state index in [0.717, 1.165) is 23.2 Å². The number of nitrogens with one attached hydrogen (secondary N) is 2. The van der Waals surface area contributed by atoms with Gasteiger partial charge in [0.2, 0.25) is 11.8 Å². The van der Waals surface area contributed by atoms with Crippen LogP contribution in [0.1, 0.15) is 13.3 Å². The Hall–Kier alpha value is -2.70. The zero-order chi connectivity index (χ0) is 20.4. The molecule has 0 aliphatic carbocycles. The van der Waals surface area contributed by atoms with Crippen LogP contribution in [0.2, 0.25) is 0 Å². The number of carbonyl (C=O) groups is 2. The van der Waals surface area contributed by atoms with Gasteiger partial charge in [0, 0.05) is 31.5 Å². The van der Waals surface area contributed by atoms with Crippen molar-refractivity contribution < 1.29 is 14.3 Å². The lowest BCUT2D eigenvalue weighted by Gasteiger charge is -2.24. The lowest BCUT2D eigenvalue weighted by atomic mass is 10.0. The molecule has 0 aromatic heterocycles. The maximum absolute atomic E-state index is 12.7. The monoisotopic (exact) mass is 383 g/mol. The summed E-state index contributed by atoms with van der Waals surface area (Å²) in [5, 5.41) is 5.82. The molecule has 0 saturated carbocycles. The highest BCUT2D eigenvalue weighted by Crippen LogP contribution is 2.27. The fraction of sp³-hybridized carbons (Fsp3) is 0.364. The van der Waals surface area contributed by atoms with Gasteiger partial charge in [0.15, 0.2) is 0 Å². The van der Waals surface area contributed by atoms with Gasteiger partial charge in [-0.15, -0.1) is 0 Å². The summed E-state index contributed by atoms with van der Waals surface area (Å²) in [6.07, 6.45) is 0.762. The van der Waals surface area contributed by atoms with Gasteiger partial charge in [-0.3, -0.25) is 14.5 Å². The number of benzene rings is 2. The molecule has 2 rings (SSSR count). The number of ether oxygens (including phenoxy) is 1. The maximum atomic E-state index is 12.7. The number of likely N-dealkylation sites (N-methyl/N-ethyl adjacent to an activating group) is 1. The summed E-state index contributed by atoms with van der Waals surface area (Å²) in [5.74, 6) is -0.263. The third kappa shape index (κ3) is 6.48. The summed E-state index contributed by atoms with van der Waals surface area (Å²) in [7, 11) is 3.40. The highest BCUT2D eigenvalue weighted by atomic mass is 16.5. The Kier molecular flexibility index (Phi) is 8.65. The van der Waals surface area contributed by atoms with Crippen LogP contribution in [-0.4, -0.2) is 56.6 Å². The minimum absolute atomic E-state index is 0.108. The van der Waals surface area contributed by atoms with Crippen LogP contribution < -0.4 is 10.6 Å². The Morgan fingerprint density at radius 1 is 1.07 bits per heavy atom. The van der Waals surface area contributed by atoms with Crippen molar-refractivity contribution in [3.05, 3.63) is 54.6 Å². The summed E-state index contributed by atoms with van der Waals surface area (Å²) in [6, 6.07) is 17.2. The Morgan fingerprint density at radius 2 is 1.75 bits per heavy atom. The van der Waals surface area contributed by atoms with Gasteiger partial charge in [-0.05, 0) is 32.0 Å². The average molecular weight is 383 g/mol. The van der Waals surface area contributed by atoms with Crippen molar-refractivity contribution >= 4 is 17.5 Å². The molecule has 2 N–H and O–H groups in total.